The number of nitrogens with zero attached hydrogens (tertiary/aromatic N) is 6. The number of rotatable bonds is 9. The van der Waals surface area contributed by atoms with Crippen molar-refractivity contribution in [1.82, 2.24) is 19.7 Å². The van der Waals surface area contributed by atoms with Crippen molar-refractivity contribution in [2.45, 2.75) is 35.6 Å². The molecule has 0 bridgehead atoms. The van der Waals surface area contributed by atoms with E-state index in [-0.39, 0.29) is 40.6 Å². The second-order valence-electron chi connectivity index (χ2n) is 12.8. The largest absolute Gasteiger partial charge is 0.497 e. The van der Waals surface area contributed by atoms with Crippen LogP contribution in [0.4, 0.5) is 10.1 Å². The molecule has 0 N–H and O–H groups in total. The molecule has 0 saturated carbocycles. The summed E-state index contributed by atoms with van der Waals surface area (Å²) in [6.45, 7) is 3.78. The Morgan fingerprint density at radius 2 is 1.78 bits per heavy atom. The summed E-state index contributed by atoms with van der Waals surface area (Å²) in [5, 5.41) is 10.1. The van der Waals surface area contributed by atoms with Gasteiger partial charge in [-0.25, -0.2) is 22.1 Å². The molecule has 50 heavy (non-hydrogen) atoms. The Bertz CT molecular complexity index is 2050. The van der Waals surface area contributed by atoms with Crippen molar-refractivity contribution < 1.29 is 31.5 Å². The van der Waals surface area contributed by atoms with E-state index in [1.807, 2.05) is 12.1 Å². The van der Waals surface area contributed by atoms with Gasteiger partial charge in [0.25, 0.3) is 15.9 Å². The topological polar surface area (TPSA) is 132 Å². The number of aromatic nitrogens is 1. The molecule has 3 atom stereocenters. The van der Waals surface area contributed by atoms with Gasteiger partial charge in [0, 0.05) is 56.8 Å². The smallest absolute Gasteiger partial charge is 0.271 e. The molecular weight excluding hydrogens is 663 g/mol. The van der Waals surface area contributed by atoms with Crippen LogP contribution in [0, 0.1) is 11.3 Å². The summed E-state index contributed by atoms with van der Waals surface area (Å²) in [6, 6.07) is 17.0. The third kappa shape index (κ3) is 5.50. The number of ether oxygens (including phenoxy) is 2. The van der Waals surface area contributed by atoms with Gasteiger partial charge in [0.15, 0.2) is 5.54 Å². The van der Waals surface area contributed by atoms with E-state index in [4.69, 9.17) is 13.9 Å². The summed E-state index contributed by atoms with van der Waals surface area (Å²) in [5.74, 6) is 0.0521. The summed E-state index contributed by atoms with van der Waals surface area (Å²) in [4.78, 5) is 26.0. The lowest BCUT2D eigenvalue weighted by Gasteiger charge is -2.41. The highest BCUT2D eigenvalue weighted by atomic mass is 32.2. The van der Waals surface area contributed by atoms with Gasteiger partial charge in [-0.1, -0.05) is 6.07 Å². The van der Waals surface area contributed by atoms with Crippen molar-refractivity contribution in [3.05, 3.63) is 101 Å². The molecule has 3 aliphatic heterocycles. The maximum absolute atomic E-state index is 15.8. The molecule has 1 amide bonds. The standard InChI is InChI=1S/C36H37FN6O6S/c1-40-13-15-41(16-14-40)22-25-5-11-33(48-3)30(19-25)36(42-23-26(37)20-32(42)34-39-12-17-49-34)29-18-24(21-38)4-10-31(29)43(35(36)44)50(45,46)28-8-6-27(47-2)7-9-28/h4-12,17-19,26,32H,13-16,20,22-23H2,1-3H3. The van der Waals surface area contributed by atoms with Gasteiger partial charge in [0.1, 0.15) is 23.9 Å². The van der Waals surface area contributed by atoms with Gasteiger partial charge in [0.05, 0.1) is 48.7 Å². The van der Waals surface area contributed by atoms with Crippen molar-refractivity contribution in [3.63, 3.8) is 0 Å². The summed E-state index contributed by atoms with van der Waals surface area (Å²) >= 11 is 0. The molecule has 12 nitrogen and oxygen atoms in total. The van der Waals surface area contributed by atoms with E-state index in [1.54, 1.807) is 11.0 Å². The summed E-state index contributed by atoms with van der Waals surface area (Å²) in [5.41, 5.74) is -0.350. The maximum Gasteiger partial charge on any atom is 0.271 e. The van der Waals surface area contributed by atoms with Gasteiger partial charge >= 0.3 is 0 Å². The van der Waals surface area contributed by atoms with E-state index in [2.05, 4.69) is 27.9 Å². The molecule has 7 rings (SSSR count). The number of hydrogen-bond donors (Lipinski definition) is 0. The Morgan fingerprint density at radius 3 is 2.44 bits per heavy atom. The minimum atomic E-state index is -4.56. The highest BCUT2D eigenvalue weighted by molar-refractivity contribution is 7.93. The maximum atomic E-state index is 15.8. The highest BCUT2D eigenvalue weighted by Gasteiger charge is 2.64. The van der Waals surface area contributed by atoms with Crippen LogP contribution >= 0.6 is 0 Å². The predicted octanol–water partition coefficient (Wildman–Crippen LogP) is 4.08. The third-order valence-electron chi connectivity index (χ3n) is 9.90. The molecule has 14 heteroatoms. The Balaban J connectivity index is 1.49. The number of anilines is 1. The molecule has 2 saturated heterocycles. The average Bonchev–Trinajstić information content (AvgIpc) is 3.86. The van der Waals surface area contributed by atoms with E-state index < -0.39 is 33.7 Å². The van der Waals surface area contributed by atoms with E-state index in [0.717, 1.165) is 36.0 Å². The third-order valence-corrected chi connectivity index (χ3v) is 11.6. The number of methoxy groups -OCH3 is 2. The van der Waals surface area contributed by atoms with Crippen molar-refractivity contribution in [1.29, 1.82) is 5.26 Å². The van der Waals surface area contributed by atoms with Crippen LogP contribution in [0.15, 0.2) is 82.4 Å². The van der Waals surface area contributed by atoms with Gasteiger partial charge in [-0.3, -0.25) is 14.6 Å². The number of hydrogen-bond acceptors (Lipinski definition) is 11. The second-order valence-corrected chi connectivity index (χ2v) is 14.6. The fourth-order valence-electron chi connectivity index (χ4n) is 7.42. The zero-order valence-corrected chi connectivity index (χ0v) is 28.8. The Morgan fingerprint density at radius 1 is 1.02 bits per heavy atom. The number of carbonyl (C=O) groups excluding carboxylic acids is 1. The Labute approximate surface area is 290 Å². The number of alkyl halides is 1. The lowest BCUT2D eigenvalue weighted by atomic mass is 9.79. The van der Waals surface area contributed by atoms with Crippen LogP contribution in [0.1, 0.15) is 40.6 Å². The fourth-order valence-corrected chi connectivity index (χ4v) is 8.88. The Kier molecular flexibility index (Phi) is 8.85. The molecule has 1 aromatic heterocycles. The number of likely N-dealkylation sites (N-methyl/N-ethyl adjacent to an activating group) is 1. The summed E-state index contributed by atoms with van der Waals surface area (Å²) < 4.78 is 62.7. The van der Waals surface area contributed by atoms with Crippen molar-refractivity contribution in [2.24, 2.45) is 0 Å². The highest BCUT2D eigenvalue weighted by Crippen LogP contribution is 2.57. The van der Waals surface area contributed by atoms with Gasteiger partial charge < -0.3 is 18.8 Å². The second kappa shape index (κ2) is 13.1. The summed E-state index contributed by atoms with van der Waals surface area (Å²) in [6.07, 6.45) is 1.35. The molecular formula is C36H37FN6O6S. The first-order valence-corrected chi connectivity index (χ1v) is 17.7. The van der Waals surface area contributed by atoms with Crippen LogP contribution in [0.3, 0.4) is 0 Å². The number of sulfonamides is 1. The van der Waals surface area contributed by atoms with Crippen LogP contribution in [0.2, 0.25) is 0 Å². The number of benzene rings is 3. The monoisotopic (exact) mass is 700 g/mol. The van der Waals surface area contributed by atoms with E-state index in [0.29, 0.717) is 23.6 Å². The number of nitriles is 1. The molecule has 0 spiro atoms. The SMILES string of the molecule is COc1ccc(S(=O)(=O)N2C(=O)C(c3cc(CN4CCN(C)CC4)ccc3OC)(N3CC(F)CC3c3ncco3)c3cc(C#N)ccc32)cc1. The van der Waals surface area contributed by atoms with Crippen molar-refractivity contribution in [2.75, 3.05) is 58.3 Å². The van der Waals surface area contributed by atoms with Crippen LogP contribution < -0.4 is 13.8 Å². The molecule has 2 fully saturated rings. The van der Waals surface area contributed by atoms with E-state index in [9.17, 15) is 13.7 Å². The lowest BCUT2D eigenvalue weighted by molar-refractivity contribution is -0.127. The number of halogens is 1. The van der Waals surface area contributed by atoms with Gasteiger partial charge in [-0.2, -0.15) is 5.26 Å². The van der Waals surface area contributed by atoms with Crippen LogP contribution in [-0.4, -0.2) is 94.2 Å². The minimum Gasteiger partial charge on any atom is -0.497 e. The molecule has 0 aliphatic carbocycles. The van der Waals surface area contributed by atoms with Crippen molar-refractivity contribution >= 4 is 21.6 Å². The molecule has 4 aromatic rings. The lowest BCUT2D eigenvalue weighted by Crippen LogP contribution is -2.55. The number of fused-ring (bicyclic) bond motifs is 1. The summed E-state index contributed by atoms with van der Waals surface area (Å²) in [7, 11) is 0.451. The molecule has 260 valence electrons. The molecule has 0 radical (unpaired) electrons. The van der Waals surface area contributed by atoms with Gasteiger partial charge in [-0.15, -0.1) is 0 Å². The first-order chi connectivity index (χ1) is 24.1. The van der Waals surface area contributed by atoms with E-state index in [1.165, 1.54) is 69.1 Å². The minimum absolute atomic E-state index is 0.0461. The van der Waals surface area contributed by atoms with Gasteiger partial charge in [0.2, 0.25) is 5.89 Å². The quantitative estimate of drug-likeness (QED) is 0.250. The molecule has 3 aromatic carbocycles. The number of piperazine rings is 1. The first kappa shape index (κ1) is 33.7. The van der Waals surface area contributed by atoms with Gasteiger partial charge in [-0.05, 0) is 67.2 Å². The van der Waals surface area contributed by atoms with Crippen LogP contribution in [0.5, 0.6) is 11.5 Å². The molecule has 4 heterocycles. The predicted molar refractivity (Wildman–Crippen MR) is 181 cm³/mol. The molecule has 3 aliphatic rings. The zero-order chi connectivity index (χ0) is 35.2. The van der Waals surface area contributed by atoms with Crippen LogP contribution in [-0.2, 0) is 26.9 Å². The number of likely N-dealkylation sites (tertiary alicyclic amines) is 1. The number of carbonyl (C=O) groups is 1. The zero-order valence-electron chi connectivity index (χ0n) is 28.0. The van der Waals surface area contributed by atoms with E-state index >= 15 is 9.18 Å². The first-order valence-electron chi connectivity index (χ1n) is 16.3. The molecule has 3 unspecified atom stereocenters. The number of amides is 1. The average molecular weight is 701 g/mol. The normalized spacial score (nSPS) is 23.2. The number of oxazole rings is 1. The fraction of sp³-hybridized carbons (Fsp3) is 0.361. The Hall–Kier alpha value is -4.81. The van der Waals surface area contributed by atoms with Crippen LogP contribution in [0.25, 0.3) is 0 Å². The van der Waals surface area contributed by atoms with Crippen molar-refractivity contribution in [3.8, 4) is 17.6 Å².